The predicted molar refractivity (Wildman–Crippen MR) is 58.5 cm³/mol. The summed E-state index contributed by atoms with van der Waals surface area (Å²) >= 11 is 0. The van der Waals surface area contributed by atoms with Gasteiger partial charge in [-0.1, -0.05) is 0 Å². The number of nitrogens with zero attached hydrogens (tertiary/aromatic N) is 1. The smallest absolute Gasteiger partial charge is 0.407 e. The molecule has 0 aromatic heterocycles. The Morgan fingerprint density at radius 2 is 2.11 bits per heavy atom. The van der Waals surface area contributed by atoms with E-state index in [9.17, 15) is 22.4 Å². The first-order chi connectivity index (χ1) is 8.15. The van der Waals surface area contributed by atoms with Gasteiger partial charge in [0.2, 0.25) is 0 Å². The van der Waals surface area contributed by atoms with Crippen LogP contribution in [0.3, 0.4) is 0 Å². The third kappa shape index (κ3) is 2.26. The Balaban J connectivity index is 3.15. The zero-order chi connectivity index (χ0) is 14.1. The van der Waals surface area contributed by atoms with Crippen molar-refractivity contribution in [3.63, 3.8) is 0 Å². The standard InChI is InChI=1S/C9H14FNO6S/c1-3-17-7(12)9(10)5-11(8(13)14)6(2)4-18(9,15)16/h6H,3-5H2,1-2H3,(H,13,14)/t6-,9?/m0/s1. The quantitative estimate of drug-likeness (QED) is 0.716. The Bertz CT molecular complexity index is 464. The van der Waals surface area contributed by atoms with Gasteiger partial charge in [0.25, 0.3) is 0 Å². The summed E-state index contributed by atoms with van der Waals surface area (Å²) in [6.45, 7) is 1.47. The summed E-state index contributed by atoms with van der Waals surface area (Å²) in [5, 5.41) is 5.51. The fourth-order valence-electron chi connectivity index (χ4n) is 1.70. The highest BCUT2D eigenvalue weighted by atomic mass is 32.2. The summed E-state index contributed by atoms with van der Waals surface area (Å²) < 4.78 is 42.1. The van der Waals surface area contributed by atoms with E-state index >= 15 is 0 Å². The number of sulfone groups is 1. The first kappa shape index (κ1) is 14.7. The van der Waals surface area contributed by atoms with Crippen molar-refractivity contribution in [1.82, 2.24) is 4.90 Å². The van der Waals surface area contributed by atoms with E-state index in [0.717, 1.165) is 0 Å². The van der Waals surface area contributed by atoms with Crippen molar-refractivity contribution in [3.8, 4) is 0 Å². The van der Waals surface area contributed by atoms with Gasteiger partial charge in [-0.25, -0.2) is 22.4 Å². The molecule has 1 rings (SSSR count). The van der Waals surface area contributed by atoms with Gasteiger partial charge in [0.05, 0.1) is 18.9 Å². The molecule has 0 aromatic rings. The molecule has 1 heterocycles. The van der Waals surface area contributed by atoms with E-state index in [4.69, 9.17) is 5.11 Å². The number of esters is 1. The van der Waals surface area contributed by atoms with E-state index < -0.39 is 45.2 Å². The monoisotopic (exact) mass is 283 g/mol. The maximum absolute atomic E-state index is 14.3. The Labute approximate surface area is 103 Å². The molecule has 1 saturated heterocycles. The molecule has 0 bridgehead atoms. The van der Waals surface area contributed by atoms with Gasteiger partial charge < -0.3 is 9.84 Å². The van der Waals surface area contributed by atoms with E-state index in [0.29, 0.717) is 4.90 Å². The van der Waals surface area contributed by atoms with Gasteiger partial charge in [0, 0.05) is 6.04 Å². The minimum atomic E-state index is -4.41. The SMILES string of the molecule is CCOC(=O)C1(F)CN(C(=O)O)[C@@H](C)CS1(=O)=O. The Morgan fingerprint density at radius 1 is 1.56 bits per heavy atom. The van der Waals surface area contributed by atoms with E-state index in [2.05, 4.69) is 4.74 Å². The van der Waals surface area contributed by atoms with Crippen molar-refractivity contribution in [2.45, 2.75) is 24.9 Å². The van der Waals surface area contributed by atoms with Gasteiger partial charge in [-0.3, -0.25) is 4.90 Å². The highest BCUT2D eigenvalue weighted by molar-refractivity contribution is 7.93. The number of carbonyl (C=O) groups is 2. The van der Waals surface area contributed by atoms with Gasteiger partial charge in [-0.05, 0) is 13.8 Å². The number of halogens is 1. The molecule has 0 aromatic carbocycles. The number of carboxylic acid groups (broad SMARTS) is 1. The Kier molecular flexibility index (Phi) is 3.84. The fourth-order valence-corrected chi connectivity index (χ4v) is 3.43. The lowest BCUT2D eigenvalue weighted by atomic mass is 10.2. The first-order valence-electron chi connectivity index (χ1n) is 5.23. The molecule has 1 aliphatic rings. The van der Waals surface area contributed by atoms with Crippen molar-refractivity contribution < 1.29 is 32.2 Å². The minimum Gasteiger partial charge on any atom is -0.465 e. The van der Waals surface area contributed by atoms with Crippen LogP contribution in [0.25, 0.3) is 0 Å². The van der Waals surface area contributed by atoms with Crippen LogP contribution < -0.4 is 0 Å². The molecule has 1 N–H and O–H groups in total. The van der Waals surface area contributed by atoms with Crippen LogP contribution in [0.5, 0.6) is 0 Å². The van der Waals surface area contributed by atoms with Crippen LogP contribution in [0.2, 0.25) is 0 Å². The zero-order valence-electron chi connectivity index (χ0n) is 9.92. The molecule has 1 amide bonds. The largest absolute Gasteiger partial charge is 0.465 e. The Hall–Kier alpha value is -1.38. The summed E-state index contributed by atoms with van der Waals surface area (Å²) in [7, 11) is -4.41. The number of hydrogen-bond donors (Lipinski definition) is 1. The molecule has 1 unspecified atom stereocenters. The second kappa shape index (κ2) is 4.71. The lowest BCUT2D eigenvalue weighted by Gasteiger charge is -2.37. The molecule has 7 nitrogen and oxygen atoms in total. The van der Waals surface area contributed by atoms with Crippen LogP contribution in [0.4, 0.5) is 9.18 Å². The molecule has 18 heavy (non-hydrogen) atoms. The van der Waals surface area contributed by atoms with Gasteiger partial charge in [0.15, 0.2) is 9.84 Å². The van der Waals surface area contributed by atoms with Crippen LogP contribution in [0.1, 0.15) is 13.8 Å². The number of rotatable bonds is 2. The number of ether oxygens (including phenoxy) is 1. The summed E-state index contributed by atoms with van der Waals surface area (Å²) in [5.74, 6) is -2.32. The number of hydrogen-bond acceptors (Lipinski definition) is 5. The molecular weight excluding hydrogens is 269 g/mol. The van der Waals surface area contributed by atoms with Crippen molar-refractivity contribution in [2.75, 3.05) is 18.9 Å². The summed E-state index contributed by atoms with van der Waals surface area (Å²) in [5.41, 5.74) is 0. The van der Waals surface area contributed by atoms with E-state index in [-0.39, 0.29) is 6.61 Å². The van der Waals surface area contributed by atoms with Crippen molar-refractivity contribution >= 4 is 21.9 Å². The summed E-state index contributed by atoms with van der Waals surface area (Å²) in [6, 6.07) is -0.911. The molecule has 104 valence electrons. The molecule has 0 spiro atoms. The molecule has 0 aliphatic carbocycles. The third-order valence-electron chi connectivity index (χ3n) is 2.69. The van der Waals surface area contributed by atoms with Gasteiger partial charge >= 0.3 is 17.1 Å². The molecule has 0 radical (unpaired) electrons. The maximum Gasteiger partial charge on any atom is 0.407 e. The topological polar surface area (TPSA) is 101 Å². The molecule has 9 heteroatoms. The Morgan fingerprint density at radius 3 is 2.56 bits per heavy atom. The first-order valence-corrected chi connectivity index (χ1v) is 6.89. The average Bonchev–Trinajstić information content (AvgIpc) is 2.22. The lowest BCUT2D eigenvalue weighted by Crippen LogP contribution is -2.62. The molecule has 1 fully saturated rings. The maximum atomic E-state index is 14.3. The molecule has 1 aliphatic heterocycles. The molecule has 0 saturated carbocycles. The van der Waals surface area contributed by atoms with E-state index in [1.165, 1.54) is 13.8 Å². The van der Waals surface area contributed by atoms with Crippen LogP contribution in [0, 0.1) is 0 Å². The van der Waals surface area contributed by atoms with Gasteiger partial charge in [-0.15, -0.1) is 0 Å². The number of carbonyl (C=O) groups excluding carboxylic acids is 1. The molecule has 2 atom stereocenters. The second-order valence-corrected chi connectivity index (χ2v) is 6.20. The number of amides is 1. The third-order valence-corrected chi connectivity index (χ3v) is 4.89. The summed E-state index contributed by atoms with van der Waals surface area (Å²) in [6.07, 6.45) is -1.48. The zero-order valence-corrected chi connectivity index (χ0v) is 10.7. The van der Waals surface area contributed by atoms with Crippen molar-refractivity contribution in [1.29, 1.82) is 0 Å². The summed E-state index contributed by atoms with van der Waals surface area (Å²) in [4.78, 5) is 22.9. The lowest BCUT2D eigenvalue weighted by molar-refractivity contribution is -0.152. The highest BCUT2D eigenvalue weighted by Crippen LogP contribution is 2.30. The second-order valence-electron chi connectivity index (χ2n) is 3.99. The van der Waals surface area contributed by atoms with Crippen LogP contribution >= 0.6 is 0 Å². The van der Waals surface area contributed by atoms with Crippen molar-refractivity contribution in [3.05, 3.63) is 0 Å². The van der Waals surface area contributed by atoms with E-state index in [1.807, 2.05) is 0 Å². The van der Waals surface area contributed by atoms with E-state index in [1.54, 1.807) is 0 Å². The average molecular weight is 283 g/mol. The van der Waals surface area contributed by atoms with Crippen LogP contribution in [-0.4, -0.2) is 60.4 Å². The predicted octanol–water partition coefficient (Wildman–Crippen LogP) is 0.0122. The van der Waals surface area contributed by atoms with Gasteiger partial charge in [0.1, 0.15) is 0 Å². The number of alkyl halides is 1. The normalized spacial score (nSPS) is 30.8. The fraction of sp³-hybridized carbons (Fsp3) is 0.778. The highest BCUT2D eigenvalue weighted by Gasteiger charge is 2.59. The molecular formula is C9H14FNO6S. The minimum absolute atomic E-state index is 0.192. The van der Waals surface area contributed by atoms with Crippen LogP contribution in [-0.2, 0) is 19.4 Å². The van der Waals surface area contributed by atoms with Gasteiger partial charge in [-0.2, -0.15) is 0 Å². The van der Waals surface area contributed by atoms with Crippen molar-refractivity contribution in [2.24, 2.45) is 0 Å². The van der Waals surface area contributed by atoms with Crippen LogP contribution in [0.15, 0.2) is 0 Å².